The van der Waals surface area contributed by atoms with Crippen molar-refractivity contribution in [2.24, 2.45) is 23.7 Å². The maximum Gasteiger partial charge on any atom is 0.293 e. The van der Waals surface area contributed by atoms with Gasteiger partial charge in [-0.2, -0.15) is 0 Å². The van der Waals surface area contributed by atoms with Gasteiger partial charge in [-0.15, -0.1) is 0 Å². The van der Waals surface area contributed by atoms with E-state index >= 15 is 0 Å². The zero-order valence-corrected chi connectivity index (χ0v) is 11.9. The van der Waals surface area contributed by atoms with E-state index < -0.39 is 4.92 Å². The van der Waals surface area contributed by atoms with Crippen molar-refractivity contribution in [3.05, 3.63) is 46.0 Å². The topological polar surface area (TPSA) is 80.5 Å². The Kier molecular flexibility index (Phi) is 2.55. The van der Waals surface area contributed by atoms with E-state index in [4.69, 9.17) is 0 Å². The second kappa shape index (κ2) is 4.25. The number of aryl methyl sites for hydroxylation is 1. The van der Waals surface area contributed by atoms with E-state index in [9.17, 15) is 19.7 Å². The molecule has 2 aliphatic carbocycles. The number of carbonyl (C=O) groups excluding carboxylic acids is 2. The van der Waals surface area contributed by atoms with Crippen LogP contribution >= 0.6 is 0 Å². The predicted octanol–water partition coefficient (Wildman–Crippen LogP) is 2.21. The minimum atomic E-state index is -0.538. The normalized spacial score (nSPS) is 32.0. The van der Waals surface area contributed by atoms with Crippen LogP contribution in [0.3, 0.4) is 0 Å². The zero-order valence-electron chi connectivity index (χ0n) is 11.9. The average molecular weight is 298 g/mol. The molecule has 6 nitrogen and oxygen atoms in total. The first-order valence-electron chi connectivity index (χ1n) is 7.30. The molecule has 0 radical (unpaired) electrons. The van der Waals surface area contributed by atoms with Crippen molar-refractivity contribution in [2.45, 2.75) is 13.3 Å². The lowest BCUT2D eigenvalue weighted by molar-refractivity contribution is -0.384. The molecular formula is C16H14N2O4. The second-order valence-corrected chi connectivity index (χ2v) is 6.26. The van der Waals surface area contributed by atoms with Gasteiger partial charge in [0.15, 0.2) is 0 Å². The summed E-state index contributed by atoms with van der Waals surface area (Å²) in [6, 6.07) is 4.58. The van der Waals surface area contributed by atoms with Gasteiger partial charge in [-0.05, 0) is 36.8 Å². The number of carbonyl (C=O) groups is 2. The predicted molar refractivity (Wildman–Crippen MR) is 78.0 cm³/mol. The highest BCUT2D eigenvalue weighted by molar-refractivity contribution is 6.23. The summed E-state index contributed by atoms with van der Waals surface area (Å²) in [4.78, 5) is 37.2. The van der Waals surface area contributed by atoms with E-state index in [-0.39, 0.29) is 46.9 Å². The number of fused-ring (bicyclic) bond motifs is 5. The molecule has 0 spiro atoms. The lowest BCUT2D eigenvalue weighted by Crippen LogP contribution is -2.33. The Bertz CT molecular complexity index is 725. The van der Waals surface area contributed by atoms with E-state index in [1.807, 2.05) is 12.2 Å². The number of anilines is 1. The minimum absolute atomic E-state index is 0.0967. The van der Waals surface area contributed by atoms with Gasteiger partial charge in [0.1, 0.15) is 5.69 Å². The van der Waals surface area contributed by atoms with Crippen molar-refractivity contribution in [3.63, 3.8) is 0 Å². The molecule has 0 aromatic heterocycles. The number of nitro benzene ring substituents is 1. The third kappa shape index (κ3) is 1.55. The van der Waals surface area contributed by atoms with Gasteiger partial charge >= 0.3 is 0 Å². The van der Waals surface area contributed by atoms with E-state index in [2.05, 4.69) is 0 Å². The highest BCUT2D eigenvalue weighted by atomic mass is 16.6. The summed E-state index contributed by atoms with van der Waals surface area (Å²) < 4.78 is 0. The lowest BCUT2D eigenvalue weighted by Gasteiger charge is -2.17. The Morgan fingerprint density at radius 2 is 1.73 bits per heavy atom. The van der Waals surface area contributed by atoms with Gasteiger partial charge in [0.05, 0.1) is 16.8 Å². The minimum Gasteiger partial charge on any atom is -0.274 e. The van der Waals surface area contributed by atoms with Crippen LogP contribution in [0.5, 0.6) is 0 Å². The van der Waals surface area contributed by atoms with E-state index in [0.717, 1.165) is 16.9 Å². The fourth-order valence-corrected chi connectivity index (χ4v) is 4.11. The fraction of sp³-hybridized carbons (Fsp3) is 0.375. The van der Waals surface area contributed by atoms with Gasteiger partial charge in [0, 0.05) is 6.07 Å². The molecule has 22 heavy (non-hydrogen) atoms. The smallest absolute Gasteiger partial charge is 0.274 e. The number of imide groups is 1. The Morgan fingerprint density at radius 3 is 2.27 bits per heavy atom. The molecule has 6 heteroatoms. The highest BCUT2D eigenvalue weighted by Crippen LogP contribution is 2.53. The lowest BCUT2D eigenvalue weighted by atomic mass is 9.85. The number of benzene rings is 1. The number of nitro groups is 1. The van der Waals surface area contributed by atoms with Crippen molar-refractivity contribution in [1.82, 2.24) is 0 Å². The molecule has 112 valence electrons. The number of allylic oxidation sites excluding steroid dienone is 2. The van der Waals surface area contributed by atoms with Crippen LogP contribution in [0, 0.1) is 40.7 Å². The van der Waals surface area contributed by atoms with Gasteiger partial charge in [-0.3, -0.25) is 19.7 Å². The van der Waals surface area contributed by atoms with Crippen molar-refractivity contribution in [2.75, 3.05) is 4.90 Å². The van der Waals surface area contributed by atoms with Gasteiger partial charge < -0.3 is 0 Å². The summed E-state index contributed by atoms with van der Waals surface area (Å²) in [5.41, 5.74) is 0.623. The SMILES string of the molecule is Cc1ccc(N2C(=O)[C@@H]3[C@@H](C2=O)[C@@H]2C=C[C@@H]3C2)c([N+](=O)[O-])c1. The zero-order chi connectivity index (χ0) is 15.6. The third-order valence-electron chi connectivity index (χ3n) is 5.04. The van der Waals surface area contributed by atoms with E-state index in [1.54, 1.807) is 13.0 Å². The van der Waals surface area contributed by atoms with Gasteiger partial charge in [-0.25, -0.2) is 4.90 Å². The molecule has 1 aliphatic heterocycles. The van der Waals surface area contributed by atoms with Crippen LogP contribution in [-0.4, -0.2) is 16.7 Å². The van der Waals surface area contributed by atoms with Crippen LogP contribution in [0.15, 0.2) is 30.4 Å². The van der Waals surface area contributed by atoms with Gasteiger partial charge in [0.25, 0.3) is 5.69 Å². The molecule has 1 aromatic carbocycles. The number of nitrogens with zero attached hydrogens (tertiary/aromatic N) is 2. The third-order valence-corrected chi connectivity index (χ3v) is 5.04. The van der Waals surface area contributed by atoms with Gasteiger partial charge in [-0.1, -0.05) is 18.2 Å². The van der Waals surface area contributed by atoms with Crippen LogP contribution in [-0.2, 0) is 9.59 Å². The fourth-order valence-electron chi connectivity index (χ4n) is 4.11. The highest BCUT2D eigenvalue weighted by Gasteiger charge is 2.60. The number of hydrogen-bond acceptors (Lipinski definition) is 4. The Morgan fingerprint density at radius 1 is 1.14 bits per heavy atom. The first-order chi connectivity index (χ1) is 10.5. The van der Waals surface area contributed by atoms with Crippen LogP contribution in [0.25, 0.3) is 0 Å². The van der Waals surface area contributed by atoms with Crippen LogP contribution in [0.4, 0.5) is 11.4 Å². The largest absolute Gasteiger partial charge is 0.293 e. The molecular weight excluding hydrogens is 284 g/mol. The maximum absolute atomic E-state index is 12.7. The monoisotopic (exact) mass is 298 g/mol. The summed E-state index contributed by atoms with van der Waals surface area (Å²) in [6.45, 7) is 1.74. The summed E-state index contributed by atoms with van der Waals surface area (Å²) >= 11 is 0. The van der Waals surface area contributed by atoms with Crippen molar-refractivity contribution in [3.8, 4) is 0 Å². The number of hydrogen-bond donors (Lipinski definition) is 0. The molecule has 0 unspecified atom stereocenters. The molecule has 1 saturated carbocycles. The molecule has 1 heterocycles. The molecule has 0 N–H and O–H groups in total. The Labute approximate surface area is 126 Å². The Hall–Kier alpha value is -2.50. The van der Waals surface area contributed by atoms with Gasteiger partial charge in [0.2, 0.25) is 11.8 Å². The molecule has 3 aliphatic rings. The number of rotatable bonds is 2. The van der Waals surface area contributed by atoms with E-state index in [1.165, 1.54) is 12.1 Å². The summed E-state index contributed by atoms with van der Waals surface area (Å²) in [5, 5.41) is 11.3. The van der Waals surface area contributed by atoms with Crippen molar-refractivity contribution >= 4 is 23.2 Å². The number of amides is 2. The first kappa shape index (κ1) is 13.2. The maximum atomic E-state index is 12.7. The van der Waals surface area contributed by atoms with E-state index in [0.29, 0.717) is 0 Å². The molecule has 1 saturated heterocycles. The quantitative estimate of drug-likeness (QED) is 0.363. The summed E-state index contributed by atoms with van der Waals surface area (Å²) in [5.74, 6) is -1.08. The second-order valence-electron chi connectivity index (χ2n) is 6.26. The average Bonchev–Trinajstić information content (AvgIpc) is 3.14. The summed E-state index contributed by atoms with van der Waals surface area (Å²) in [6.07, 6.45) is 4.85. The van der Waals surface area contributed by atoms with Crippen LogP contribution in [0.1, 0.15) is 12.0 Å². The van der Waals surface area contributed by atoms with Crippen LogP contribution in [0.2, 0.25) is 0 Å². The molecule has 4 rings (SSSR count). The standard InChI is InChI=1S/C16H14N2O4/c1-8-2-5-11(12(6-8)18(21)22)17-15(19)13-9-3-4-10(7-9)14(13)16(17)20/h2-6,9-10,13-14H,7H2,1H3/t9-,10-,13+,14+/m1/s1. The van der Waals surface area contributed by atoms with Crippen molar-refractivity contribution < 1.29 is 14.5 Å². The van der Waals surface area contributed by atoms with Crippen molar-refractivity contribution in [1.29, 1.82) is 0 Å². The molecule has 1 aromatic rings. The molecule has 2 amide bonds. The molecule has 2 fully saturated rings. The molecule has 2 bridgehead atoms. The summed E-state index contributed by atoms with van der Waals surface area (Å²) in [7, 11) is 0. The first-order valence-corrected chi connectivity index (χ1v) is 7.30. The Balaban J connectivity index is 1.81. The molecule has 4 atom stereocenters. The van der Waals surface area contributed by atoms with Crippen LogP contribution < -0.4 is 4.90 Å².